The second-order valence-electron chi connectivity index (χ2n) is 5.06. The van der Waals surface area contributed by atoms with Crippen LogP contribution in [0.1, 0.15) is 18.4 Å². The van der Waals surface area contributed by atoms with Crippen LogP contribution in [-0.4, -0.2) is 25.0 Å². The highest BCUT2D eigenvalue weighted by molar-refractivity contribution is 5.64. The van der Waals surface area contributed by atoms with Crippen molar-refractivity contribution in [2.75, 3.05) is 18.1 Å². The molecule has 2 fully saturated rings. The summed E-state index contributed by atoms with van der Waals surface area (Å²) in [5.74, 6) is 1.02. The highest BCUT2D eigenvalue weighted by Gasteiger charge is 2.58. The maximum absolute atomic E-state index is 5.93. The molecule has 84 valence electrons. The van der Waals surface area contributed by atoms with Crippen molar-refractivity contribution in [2.45, 2.75) is 31.5 Å². The minimum absolute atomic E-state index is 0.0262. The van der Waals surface area contributed by atoms with E-state index < -0.39 is 0 Å². The lowest BCUT2D eigenvalue weighted by Crippen LogP contribution is -2.44. The first-order chi connectivity index (χ1) is 7.78. The molecule has 1 unspecified atom stereocenters. The summed E-state index contributed by atoms with van der Waals surface area (Å²) in [6, 6.07) is 6.86. The molecule has 2 heterocycles. The Hall–Kier alpha value is -1.22. The summed E-state index contributed by atoms with van der Waals surface area (Å²) in [4.78, 5) is 2.45. The summed E-state index contributed by atoms with van der Waals surface area (Å²) in [5, 5.41) is 0. The van der Waals surface area contributed by atoms with Crippen LogP contribution in [0.15, 0.2) is 18.2 Å². The van der Waals surface area contributed by atoms with Gasteiger partial charge in [0.25, 0.3) is 0 Å². The molecule has 4 rings (SSSR count). The van der Waals surface area contributed by atoms with Gasteiger partial charge in [0, 0.05) is 0 Å². The maximum atomic E-state index is 5.93. The third-order valence-electron chi connectivity index (χ3n) is 3.83. The van der Waals surface area contributed by atoms with E-state index in [0.717, 1.165) is 31.8 Å². The number of hydrogen-bond donors (Lipinski definition) is 0. The van der Waals surface area contributed by atoms with E-state index in [1.165, 1.54) is 11.3 Å². The Bertz CT molecular complexity index is 453. The van der Waals surface area contributed by atoms with Crippen LogP contribution in [0.25, 0.3) is 0 Å². The maximum Gasteiger partial charge on any atom is 0.143 e. The first-order valence-electron chi connectivity index (χ1n) is 5.95. The summed E-state index contributed by atoms with van der Waals surface area (Å²) in [6.07, 6.45) is 2.33. The largest absolute Gasteiger partial charge is 0.489 e. The summed E-state index contributed by atoms with van der Waals surface area (Å²) in [5.41, 5.74) is 2.50. The van der Waals surface area contributed by atoms with Gasteiger partial charge in [-0.3, -0.25) is 0 Å². The van der Waals surface area contributed by atoms with E-state index in [1.54, 1.807) is 0 Å². The smallest absolute Gasteiger partial charge is 0.143 e. The Labute approximate surface area is 95.0 Å². The number of hydrogen-bond acceptors (Lipinski definition) is 3. The molecule has 1 saturated heterocycles. The van der Waals surface area contributed by atoms with Crippen molar-refractivity contribution < 1.29 is 9.47 Å². The van der Waals surface area contributed by atoms with Crippen molar-refractivity contribution in [1.82, 2.24) is 0 Å². The van der Waals surface area contributed by atoms with Gasteiger partial charge in [0.1, 0.15) is 18.1 Å². The van der Waals surface area contributed by atoms with Crippen molar-refractivity contribution in [2.24, 2.45) is 0 Å². The van der Waals surface area contributed by atoms with Crippen LogP contribution in [-0.2, 0) is 4.74 Å². The van der Waals surface area contributed by atoms with Gasteiger partial charge in [-0.05, 0) is 37.5 Å². The normalized spacial score (nSPS) is 28.6. The predicted molar refractivity (Wildman–Crippen MR) is 60.9 cm³/mol. The van der Waals surface area contributed by atoms with Gasteiger partial charge in [0.2, 0.25) is 0 Å². The van der Waals surface area contributed by atoms with Gasteiger partial charge in [0.05, 0.1) is 18.3 Å². The molecule has 16 heavy (non-hydrogen) atoms. The molecule has 3 aliphatic rings. The highest BCUT2D eigenvalue weighted by atomic mass is 16.5. The first kappa shape index (κ1) is 8.88. The second kappa shape index (κ2) is 2.72. The zero-order valence-electron chi connectivity index (χ0n) is 9.40. The van der Waals surface area contributed by atoms with E-state index in [-0.39, 0.29) is 5.72 Å². The number of rotatable bonds is 0. The van der Waals surface area contributed by atoms with Gasteiger partial charge in [-0.2, -0.15) is 0 Å². The van der Waals surface area contributed by atoms with Crippen molar-refractivity contribution in [1.29, 1.82) is 0 Å². The molecule has 0 amide bonds. The number of fused-ring (bicyclic) bond motifs is 4. The van der Waals surface area contributed by atoms with Crippen LogP contribution in [0.3, 0.4) is 0 Å². The standard InChI is InChI=1S/C13H15NO2/c1-9-2-3-11-12(6-9)15-7-10-8-16-13(4-5-13)14(10)11/h2-3,6,10H,4-5,7-8H2,1H3. The van der Waals surface area contributed by atoms with Crippen LogP contribution in [0, 0.1) is 6.92 Å². The van der Waals surface area contributed by atoms with Crippen LogP contribution in [0.5, 0.6) is 5.75 Å². The van der Waals surface area contributed by atoms with Crippen molar-refractivity contribution in [3.05, 3.63) is 23.8 Å². The molecular formula is C13H15NO2. The second-order valence-corrected chi connectivity index (χ2v) is 5.06. The zero-order chi connectivity index (χ0) is 10.8. The minimum atomic E-state index is 0.0262. The number of ether oxygens (including phenoxy) is 2. The molecule has 0 radical (unpaired) electrons. The lowest BCUT2D eigenvalue weighted by molar-refractivity contribution is 0.0901. The predicted octanol–water partition coefficient (Wildman–Crippen LogP) is 2.08. The third-order valence-corrected chi connectivity index (χ3v) is 3.83. The molecule has 1 aliphatic carbocycles. The van der Waals surface area contributed by atoms with Crippen LogP contribution < -0.4 is 9.64 Å². The fourth-order valence-corrected chi connectivity index (χ4v) is 2.88. The van der Waals surface area contributed by atoms with Gasteiger partial charge < -0.3 is 14.4 Å². The van der Waals surface area contributed by atoms with E-state index in [0.29, 0.717) is 6.04 Å². The molecule has 1 spiro atoms. The average Bonchev–Trinajstić information content (AvgIpc) is 2.96. The SMILES string of the molecule is Cc1ccc2c(c1)OCC1COC3(CC3)N21. The molecule has 1 atom stereocenters. The summed E-state index contributed by atoms with van der Waals surface area (Å²) in [7, 11) is 0. The Morgan fingerprint density at radius 3 is 3.00 bits per heavy atom. The highest BCUT2D eigenvalue weighted by Crippen LogP contribution is 2.53. The molecule has 3 nitrogen and oxygen atoms in total. The van der Waals surface area contributed by atoms with Crippen molar-refractivity contribution >= 4 is 5.69 Å². The van der Waals surface area contributed by atoms with Crippen LogP contribution in [0.4, 0.5) is 5.69 Å². The van der Waals surface area contributed by atoms with E-state index in [2.05, 4.69) is 30.0 Å². The van der Waals surface area contributed by atoms with Gasteiger partial charge in [-0.15, -0.1) is 0 Å². The number of aryl methyl sites for hydroxylation is 1. The van der Waals surface area contributed by atoms with Gasteiger partial charge in [-0.1, -0.05) is 6.07 Å². The van der Waals surface area contributed by atoms with E-state index in [4.69, 9.17) is 9.47 Å². The fourth-order valence-electron chi connectivity index (χ4n) is 2.88. The molecule has 1 aromatic carbocycles. The lowest BCUT2D eigenvalue weighted by Gasteiger charge is -2.36. The zero-order valence-corrected chi connectivity index (χ0v) is 9.40. The number of nitrogens with zero attached hydrogens (tertiary/aromatic N) is 1. The van der Waals surface area contributed by atoms with Crippen molar-refractivity contribution in [3.8, 4) is 5.75 Å². The molecule has 1 aromatic rings. The minimum Gasteiger partial charge on any atom is -0.489 e. The first-order valence-corrected chi connectivity index (χ1v) is 5.95. The van der Waals surface area contributed by atoms with Crippen molar-refractivity contribution in [3.63, 3.8) is 0 Å². The lowest BCUT2D eigenvalue weighted by atomic mass is 10.1. The molecule has 3 heteroatoms. The average molecular weight is 217 g/mol. The molecule has 0 aromatic heterocycles. The monoisotopic (exact) mass is 217 g/mol. The van der Waals surface area contributed by atoms with E-state index in [9.17, 15) is 0 Å². The topological polar surface area (TPSA) is 21.7 Å². The summed E-state index contributed by atoms with van der Waals surface area (Å²) >= 11 is 0. The fraction of sp³-hybridized carbons (Fsp3) is 0.538. The van der Waals surface area contributed by atoms with Crippen LogP contribution in [0.2, 0.25) is 0 Å². The Morgan fingerprint density at radius 2 is 2.19 bits per heavy atom. The van der Waals surface area contributed by atoms with Crippen LogP contribution >= 0.6 is 0 Å². The van der Waals surface area contributed by atoms with Gasteiger partial charge >= 0.3 is 0 Å². The molecule has 0 bridgehead atoms. The molecule has 2 aliphatic heterocycles. The molecular weight excluding hydrogens is 202 g/mol. The number of anilines is 1. The van der Waals surface area contributed by atoms with Gasteiger partial charge in [-0.25, -0.2) is 0 Å². The third kappa shape index (κ3) is 1.02. The van der Waals surface area contributed by atoms with E-state index >= 15 is 0 Å². The molecule has 0 N–H and O–H groups in total. The summed E-state index contributed by atoms with van der Waals surface area (Å²) in [6.45, 7) is 3.68. The Morgan fingerprint density at radius 1 is 1.31 bits per heavy atom. The van der Waals surface area contributed by atoms with Gasteiger partial charge in [0.15, 0.2) is 0 Å². The Balaban J connectivity index is 1.85. The summed E-state index contributed by atoms with van der Waals surface area (Å²) < 4.78 is 11.7. The van der Waals surface area contributed by atoms with E-state index in [1.807, 2.05) is 0 Å². The molecule has 1 saturated carbocycles. The number of benzene rings is 1. The quantitative estimate of drug-likeness (QED) is 0.664. The Kier molecular flexibility index (Phi) is 1.51.